The van der Waals surface area contributed by atoms with Gasteiger partial charge in [-0.15, -0.1) is 0 Å². The molecule has 1 aromatic heterocycles. The highest BCUT2D eigenvalue weighted by molar-refractivity contribution is 7.98. The highest BCUT2D eigenvalue weighted by Crippen LogP contribution is 2.36. The van der Waals surface area contributed by atoms with E-state index in [2.05, 4.69) is 15.5 Å². The first-order chi connectivity index (χ1) is 15.3. The molecule has 0 saturated carbocycles. The summed E-state index contributed by atoms with van der Waals surface area (Å²) in [4.78, 5) is 17.9. The second-order valence-electron chi connectivity index (χ2n) is 7.58. The molecule has 3 rings (SSSR count). The smallest absolute Gasteiger partial charge is 0.338 e. The van der Waals surface area contributed by atoms with Crippen LogP contribution in [0.15, 0.2) is 10.6 Å². The Morgan fingerprint density at radius 2 is 2.19 bits per heavy atom. The van der Waals surface area contributed by atoms with Crippen molar-refractivity contribution in [2.45, 2.75) is 38.5 Å². The maximum atomic E-state index is 13.0. The number of nitrogens with zero attached hydrogens (tertiary/aromatic N) is 2. The van der Waals surface area contributed by atoms with Crippen LogP contribution in [0.25, 0.3) is 0 Å². The van der Waals surface area contributed by atoms with Crippen LogP contribution in [0.5, 0.6) is 11.5 Å². The number of aromatic nitrogens is 2. The van der Waals surface area contributed by atoms with Gasteiger partial charge in [0, 0.05) is 41.2 Å². The van der Waals surface area contributed by atoms with Gasteiger partial charge in [0.2, 0.25) is 5.89 Å². The van der Waals surface area contributed by atoms with E-state index in [4.69, 9.17) is 26.2 Å². The lowest BCUT2D eigenvalue weighted by atomic mass is 10.0. The van der Waals surface area contributed by atoms with Crippen molar-refractivity contribution in [2.75, 3.05) is 26.1 Å². The molecule has 1 aliphatic rings. The number of benzene rings is 1. The quantitative estimate of drug-likeness (QED) is 0.442. The Morgan fingerprint density at radius 3 is 2.84 bits per heavy atom. The molecule has 32 heavy (non-hydrogen) atoms. The predicted molar refractivity (Wildman–Crippen MR) is 123 cm³/mol. The molecule has 2 heterocycles. The number of carbonyl (C=O) groups excluding carboxylic acids is 1. The van der Waals surface area contributed by atoms with Crippen molar-refractivity contribution in [2.24, 2.45) is 5.92 Å². The number of ether oxygens (including phenoxy) is 2. The number of cyclic esters (lactones) is 1. The van der Waals surface area contributed by atoms with Crippen LogP contribution < -0.4 is 10.1 Å². The van der Waals surface area contributed by atoms with Gasteiger partial charge in [0.15, 0.2) is 5.82 Å². The van der Waals surface area contributed by atoms with Crippen molar-refractivity contribution in [3.8, 4) is 11.5 Å². The molecule has 9 nitrogen and oxygen atoms in total. The van der Waals surface area contributed by atoms with Crippen molar-refractivity contribution in [1.29, 1.82) is 0 Å². The van der Waals surface area contributed by atoms with Crippen molar-refractivity contribution in [3.05, 3.63) is 34.5 Å². The number of aromatic hydroxyl groups is 1. The first-order valence-electron chi connectivity index (χ1n) is 10.2. The zero-order chi connectivity index (χ0) is 23.3. The zero-order valence-corrected chi connectivity index (χ0v) is 19.8. The van der Waals surface area contributed by atoms with E-state index in [0.717, 1.165) is 0 Å². The van der Waals surface area contributed by atoms with Gasteiger partial charge in [-0.05, 0) is 26.7 Å². The Morgan fingerprint density at radius 1 is 1.41 bits per heavy atom. The number of phenolic OH excluding ortho intramolecular Hbond substituents is 1. The number of aliphatic hydroxyl groups excluding tert-OH is 1. The van der Waals surface area contributed by atoms with Crippen LogP contribution in [-0.2, 0) is 10.5 Å². The normalized spacial score (nSPS) is 20.6. The highest BCUT2D eigenvalue weighted by atomic mass is 32.2. The number of aryl methyl sites for hydroxylation is 1. The van der Waals surface area contributed by atoms with Crippen molar-refractivity contribution >= 4 is 34.9 Å². The minimum atomic E-state index is -0.562. The van der Waals surface area contributed by atoms with E-state index in [1.165, 1.54) is 24.9 Å². The molecule has 0 aliphatic carbocycles. The SMILES string of the molecule is COc1cc(O)c2c(c1C)C(=O)OC[C@@H](CO)CCC(=S)N[C@H](c1nc(C)no1)CSC2. The summed E-state index contributed by atoms with van der Waals surface area (Å²) in [6.07, 6.45) is 1.05. The Labute approximate surface area is 195 Å². The summed E-state index contributed by atoms with van der Waals surface area (Å²) in [5.41, 5.74) is 1.32. The topological polar surface area (TPSA) is 127 Å². The van der Waals surface area contributed by atoms with Crippen LogP contribution in [-0.4, -0.2) is 57.4 Å². The largest absolute Gasteiger partial charge is 0.507 e. The minimum Gasteiger partial charge on any atom is -0.507 e. The molecule has 174 valence electrons. The third kappa shape index (κ3) is 5.70. The molecular weight excluding hydrogens is 454 g/mol. The molecule has 0 saturated heterocycles. The lowest BCUT2D eigenvalue weighted by Crippen LogP contribution is -2.30. The standard InChI is InChI=1S/C21H27N3O6S2/c1-11-17(28-3)6-16(26)14-9-32-10-15(20-22-12(2)24-30-20)23-18(31)5-4-13(7-25)8-29-21(27)19(11)14/h6,13,15,25-26H,4-5,7-10H2,1-3H3,(H,23,31)/t13-,15+/m1/s1. The number of hydrogen-bond acceptors (Lipinski definition) is 10. The number of nitrogens with one attached hydrogen (secondary N) is 1. The maximum absolute atomic E-state index is 13.0. The fourth-order valence-corrected chi connectivity index (χ4v) is 4.77. The Bertz CT molecular complexity index is 981. The second-order valence-corrected chi connectivity index (χ2v) is 9.10. The lowest BCUT2D eigenvalue weighted by molar-refractivity contribution is 0.0377. The summed E-state index contributed by atoms with van der Waals surface area (Å²) < 4.78 is 16.2. The summed E-state index contributed by atoms with van der Waals surface area (Å²) in [7, 11) is 1.48. The van der Waals surface area contributed by atoms with Crippen LogP contribution in [0.2, 0.25) is 0 Å². The van der Waals surface area contributed by atoms with E-state index < -0.39 is 5.97 Å². The Balaban J connectivity index is 1.96. The fourth-order valence-electron chi connectivity index (χ4n) is 3.43. The zero-order valence-electron chi connectivity index (χ0n) is 18.2. The van der Waals surface area contributed by atoms with Gasteiger partial charge in [0.1, 0.15) is 17.5 Å². The fraction of sp³-hybridized carbons (Fsp3) is 0.524. The molecule has 11 heteroatoms. The number of esters is 1. The van der Waals surface area contributed by atoms with Crippen molar-refractivity contribution in [1.82, 2.24) is 15.5 Å². The van der Waals surface area contributed by atoms with Gasteiger partial charge in [-0.3, -0.25) is 0 Å². The first kappa shape index (κ1) is 24.3. The molecule has 1 aromatic carbocycles. The Hall–Kier alpha value is -2.37. The predicted octanol–water partition coefficient (Wildman–Crippen LogP) is 2.85. The molecule has 2 atom stereocenters. The molecule has 3 N–H and O–H groups in total. The lowest BCUT2D eigenvalue weighted by Gasteiger charge is -2.22. The minimum absolute atomic E-state index is 0.0359. The number of phenols is 1. The molecule has 0 fully saturated rings. The molecule has 0 spiro atoms. The number of aliphatic hydroxyl groups is 1. The highest BCUT2D eigenvalue weighted by Gasteiger charge is 2.26. The molecule has 0 bridgehead atoms. The van der Waals surface area contributed by atoms with Gasteiger partial charge >= 0.3 is 5.97 Å². The van der Waals surface area contributed by atoms with Crippen LogP contribution in [0, 0.1) is 19.8 Å². The Kier molecular flexibility index (Phi) is 8.32. The number of hydrogen-bond donors (Lipinski definition) is 3. The number of thioether (sulfide) groups is 1. The molecule has 1 aliphatic heterocycles. The number of thiocarbonyl (C=S) groups is 1. The molecule has 0 unspecified atom stereocenters. The average Bonchev–Trinajstić information content (AvgIpc) is 3.20. The van der Waals surface area contributed by atoms with Gasteiger partial charge in [-0.25, -0.2) is 4.79 Å². The number of fused-ring (bicyclic) bond motifs is 1. The maximum Gasteiger partial charge on any atom is 0.338 e. The van der Waals surface area contributed by atoms with Gasteiger partial charge in [-0.1, -0.05) is 17.4 Å². The molecule has 0 radical (unpaired) electrons. The number of carbonyl (C=O) groups is 1. The monoisotopic (exact) mass is 481 g/mol. The summed E-state index contributed by atoms with van der Waals surface area (Å²) in [5, 5.41) is 27.5. The molecular formula is C21H27N3O6S2. The van der Waals surface area contributed by atoms with Crippen molar-refractivity contribution in [3.63, 3.8) is 0 Å². The molecule has 2 aromatic rings. The van der Waals surface area contributed by atoms with E-state index in [1.807, 2.05) is 0 Å². The average molecular weight is 482 g/mol. The third-order valence-corrected chi connectivity index (χ3v) is 6.63. The summed E-state index contributed by atoms with van der Waals surface area (Å²) in [6.45, 7) is 3.38. The second kappa shape index (κ2) is 11.0. The van der Waals surface area contributed by atoms with Crippen LogP contribution in [0.1, 0.15) is 52.1 Å². The van der Waals surface area contributed by atoms with E-state index >= 15 is 0 Å². The van der Waals surface area contributed by atoms with Crippen LogP contribution in [0.4, 0.5) is 0 Å². The van der Waals surface area contributed by atoms with E-state index in [1.54, 1.807) is 13.8 Å². The van der Waals surface area contributed by atoms with Crippen molar-refractivity contribution < 1.29 is 29.0 Å². The number of rotatable bonds is 3. The first-order valence-corrected chi connectivity index (χ1v) is 11.7. The van der Waals surface area contributed by atoms with Gasteiger partial charge in [0.05, 0.1) is 24.3 Å². The molecule has 0 amide bonds. The van der Waals surface area contributed by atoms with E-state index in [0.29, 0.717) is 57.9 Å². The van der Waals surface area contributed by atoms with E-state index in [9.17, 15) is 15.0 Å². The van der Waals surface area contributed by atoms with Crippen LogP contribution >= 0.6 is 24.0 Å². The van der Waals surface area contributed by atoms with Gasteiger partial charge in [0.25, 0.3) is 0 Å². The van der Waals surface area contributed by atoms with Crippen LogP contribution in [0.3, 0.4) is 0 Å². The number of methoxy groups -OCH3 is 1. The summed E-state index contributed by atoms with van der Waals surface area (Å²) in [5.74, 6) is 1.28. The van der Waals surface area contributed by atoms with E-state index in [-0.39, 0.29) is 36.5 Å². The third-order valence-electron chi connectivity index (χ3n) is 5.24. The van der Waals surface area contributed by atoms with Gasteiger partial charge < -0.3 is 29.5 Å². The summed E-state index contributed by atoms with van der Waals surface area (Å²) >= 11 is 6.96. The van der Waals surface area contributed by atoms with Gasteiger partial charge in [-0.2, -0.15) is 16.7 Å². The summed E-state index contributed by atoms with van der Waals surface area (Å²) in [6, 6.07) is 1.16.